The van der Waals surface area contributed by atoms with E-state index in [0.717, 1.165) is 11.1 Å². The van der Waals surface area contributed by atoms with E-state index in [1.165, 1.54) is 0 Å². The van der Waals surface area contributed by atoms with E-state index in [2.05, 4.69) is 5.32 Å². The van der Waals surface area contributed by atoms with Gasteiger partial charge in [-0.05, 0) is 24.6 Å². The van der Waals surface area contributed by atoms with E-state index in [-0.39, 0.29) is 5.91 Å². The highest BCUT2D eigenvalue weighted by Crippen LogP contribution is 2.16. The van der Waals surface area contributed by atoms with Crippen molar-refractivity contribution in [3.63, 3.8) is 0 Å². The van der Waals surface area contributed by atoms with Crippen LogP contribution in [0, 0.1) is 6.92 Å². The third-order valence-corrected chi connectivity index (χ3v) is 2.57. The smallest absolute Gasteiger partial charge is 0.253 e. The Morgan fingerprint density at radius 3 is 2.88 bits per heavy atom. The zero-order chi connectivity index (χ0) is 12.3. The van der Waals surface area contributed by atoms with Crippen molar-refractivity contribution in [2.45, 2.75) is 13.5 Å². The molecule has 2 aromatic rings. The molecule has 2 rings (SSSR count). The minimum absolute atomic E-state index is 0.165. The van der Waals surface area contributed by atoms with Gasteiger partial charge in [0, 0.05) is 17.8 Å². The molecule has 0 aliphatic heterocycles. The maximum Gasteiger partial charge on any atom is 0.253 e. The van der Waals surface area contributed by atoms with Gasteiger partial charge in [0.15, 0.2) is 0 Å². The molecule has 0 aliphatic carbocycles. The van der Waals surface area contributed by atoms with Gasteiger partial charge >= 0.3 is 0 Å². The Hall–Kier alpha value is -2.23. The molecule has 0 fully saturated rings. The van der Waals surface area contributed by atoms with Crippen molar-refractivity contribution < 1.29 is 9.21 Å². The molecule has 1 heterocycles. The van der Waals surface area contributed by atoms with Crippen LogP contribution >= 0.6 is 0 Å². The molecule has 0 bridgehead atoms. The fourth-order valence-electron chi connectivity index (χ4n) is 1.66. The average Bonchev–Trinajstić information content (AvgIpc) is 2.79. The number of nitrogens with two attached hydrogens (primary N) is 1. The summed E-state index contributed by atoms with van der Waals surface area (Å²) in [6.45, 7) is 2.30. The molecular formula is C13H14N2O2. The minimum atomic E-state index is -0.165. The highest BCUT2D eigenvalue weighted by Gasteiger charge is 2.11. The average molecular weight is 230 g/mol. The number of hydrogen-bond donors (Lipinski definition) is 2. The summed E-state index contributed by atoms with van der Waals surface area (Å²) in [7, 11) is 0. The SMILES string of the molecule is Cc1cccc(N)c1C(=O)NCc1ccoc1. The van der Waals surface area contributed by atoms with Gasteiger partial charge in [-0.2, -0.15) is 0 Å². The van der Waals surface area contributed by atoms with E-state index < -0.39 is 0 Å². The number of nitrogen functional groups attached to an aromatic ring is 1. The monoisotopic (exact) mass is 230 g/mol. The Kier molecular flexibility index (Phi) is 3.14. The van der Waals surface area contributed by atoms with Gasteiger partial charge in [0.05, 0.1) is 18.1 Å². The maximum atomic E-state index is 12.0. The van der Waals surface area contributed by atoms with Gasteiger partial charge in [-0.1, -0.05) is 12.1 Å². The number of anilines is 1. The van der Waals surface area contributed by atoms with Gasteiger partial charge in [-0.3, -0.25) is 4.79 Å². The van der Waals surface area contributed by atoms with Crippen LogP contribution in [0.25, 0.3) is 0 Å². The van der Waals surface area contributed by atoms with Crippen molar-refractivity contribution in [2.24, 2.45) is 0 Å². The van der Waals surface area contributed by atoms with Gasteiger partial charge in [-0.15, -0.1) is 0 Å². The molecule has 0 aliphatic rings. The van der Waals surface area contributed by atoms with Crippen molar-refractivity contribution >= 4 is 11.6 Å². The fourth-order valence-corrected chi connectivity index (χ4v) is 1.66. The first-order valence-corrected chi connectivity index (χ1v) is 5.33. The molecule has 1 aromatic heterocycles. The number of carbonyl (C=O) groups excluding carboxylic acids is 1. The first kappa shape index (κ1) is 11.3. The highest BCUT2D eigenvalue weighted by molar-refractivity contribution is 6.00. The van der Waals surface area contributed by atoms with Gasteiger partial charge < -0.3 is 15.5 Å². The fraction of sp³-hybridized carbons (Fsp3) is 0.154. The first-order valence-electron chi connectivity index (χ1n) is 5.33. The zero-order valence-corrected chi connectivity index (χ0v) is 9.57. The van der Waals surface area contributed by atoms with Crippen molar-refractivity contribution in [2.75, 3.05) is 5.73 Å². The van der Waals surface area contributed by atoms with Crippen LogP contribution in [0.3, 0.4) is 0 Å². The summed E-state index contributed by atoms with van der Waals surface area (Å²) in [5, 5.41) is 2.80. The molecule has 1 amide bonds. The van der Waals surface area contributed by atoms with Crippen LogP contribution in [-0.4, -0.2) is 5.91 Å². The molecule has 1 aromatic carbocycles. The Bertz CT molecular complexity index is 498. The van der Waals surface area contributed by atoms with E-state index in [9.17, 15) is 4.79 Å². The van der Waals surface area contributed by atoms with E-state index in [1.807, 2.05) is 25.1 Å². The van der Waals surface area contributed by atoms with E-state index in [0.29, 0.717) is 17.8 Å². The predicted molar refractivity (Wildman–Crippen MR) is 65.5 cm³/mol. The number of hydrogen-bond acceptors (Lipinski definition) is 3. The topological polar surface area (TPSA) is 68.3 Å². The standard InChI is InChI=1S/C13H14N2O2/c1-9-3-2-4-11(14)12(9)13(16)15-7-10-5-6-17-8-10/h2-6,8H,7,14H2,1H3,(H,15,16). The number of amides is 1. The van der Waals surface area contributed by atoms with E-state index in [4.69, 9.17) is 10.2 Å². The molecule has 0 spiro atoms. The summed E-state index contributed by atoms with van der Waals surface area (Å²) in [6.07, 6.45) is 3.17. The molecule has 0 saturated heterocycles. The largest absolute Gasteiger partial charge is 0.472 e. The quantitative estimate of drug-likeness (QED) is 0.793. The van der Waals surface area contributed by atoms with Crippen LogP contribution in [0.4, 0.5) is 5.69 Å². The van der Waals surface area contributed by atoms with Crippen LogP contribution in [0.5, 0.6) is 0 Å². The van der Waals surface area contributed by atoms with Crippen LogP contribution in [0.15, 0.2) is 41.2 Å². The Morgan fingerprint density at radius 2 is 2.24 bits per heavy atom. The maximum absolute atomic E-state index is 12.0. The lowest BCUT2D eigenvalue weighted by Crippen LogP contribution is -2.24. The highest BCUT2D eigenvalue weighted by atomic mass is 16.3. The number of nitrogens with one attached hydrogen (secondary N) is 1. The van der Waals surface area contributed by atoms with Crippen LogP contribution < -0.4 is 11.1 Å². The number of furan rings is 1. The van der Waals surface area contributed by atoms with Gasteiger partial charge in [-0.25, -0.2) is 0 Å². The summed E-state index contributed by atoms with van der Waals surface area (Å²) < 4.78 is 4.92. The minimum Gasteiger partial charge on any atom is -0.472 e. The lowest BCUT2D eigenvalue weighted by molar-refractivity contribution is 0.0951. The lowest BCUT2D eigenvalue weighted by atomic mass is 10.1. The normalized spacial score (nSPS) is 10.2. The molecular weight excluding hydrogens is 216 g/mol. The summed E-state index contributed by atoms with van der Waals surface area (Å²) in [5.74, 6) is -0.165. The number of benzene rings is 1. The van der Waals surface area contributed by atoms with Crippen molar-refractivity contribution in [1.82, 2.24) is 5.32 Å². The second-order valence-electron chi connectivity index (χ2n) is 3.85. The van der Waals surface area contributed by atoms with Gasteiger partial charge in [0.25, 0.3) is 5.91 Å². The summed E-state index contributed by atoms with van der Waals surface area (Å²) in [5.41, 5.74) is 8.62. The molecule has 0 saturated carbocycles. The van der Waals surface area contributed by atoms with Gasteiger partial charge in [0.1, 0.15) is 0 Å². The Balaban J connectivity index is 2.10. The number of carbonyl (C=O) groups is 1. The molecule has 3 N–H and O–H groups in total. The van der Waals surface area contributed by atoms with E-state index in [1.54, 1.807) is 18.6 Å². The third kappa shape index (κ3) is 2.47. The number of rotatable bonds is 3. The molecule has 4 nitrogen and oxygen atoms in total. The second-order valence-corrected chi connectivity index (χ2v) is 3.85. The van der Waals surface area contributed by atoms with Gasteiger partial charge in [0.2, 0.25) is 0 Å². The van der Waals surface area contributed by atoms with Crippen molar-refractivity contribution in [1.29, 1.82) is 0 Å². The van der Waals surface area contributed by atoms with Crippen LogP contribution in [0.2, 0.25) is 0 Å². The van der Waals surface area contributed by atoms with Crippen molar-refractivity contribution in [3.8, 4) is 0 Å². The molecule has 4 heteroatoms. The Morgan fingerprint density at radius 1 is 1.41 bits per heavy atom. The molecule has 17 heavy (non-hydrogen) atoms. The zero-order valence-electron chi connectivity index (χ0n) is 9.57. The summed E-state index contributed by atoms with van der Waals surface area (Å²) >= 11 is 0. The van der Waals surface area contributed by atoms with E-state index >= 15 is 0 Å². The molecule has 0 atom stereocenters. The number of aryl methyl sites for hydroxylation is 1. The van der Waals surface area contributed by atoms with Crippen molar-refractivity contribution in [3.05, 3.63) is 53.5 Å². The second kappa shape index (κ2) is 4.74. The third-order valence-electron chi connectivity index (χ3n) is 2.57. The predicted octanol–water partition coefficient (Wildman–Crippen LogP) is 2.10. The Labute approximate surface area is 99.4 Å². The molecule has 0 unspecified atom stereocenters. The first-order chi connectivity index (χ1) is 8.18. The molecule has 88 valence electrons. The lowest BCUT2D eigenvalue weighted by Gasteiger charge is -2.09. The van der Waals surface area contributed by atoms with Crippen LogP contribution in [-0.2, 0) is 6.54 Å². The summed E-state index contributed by atoms with van der Waals surface area (Å²) in [4.78, 5) is 12.0. The summed E-state index contributed by atoms with van der Waals surface area (Å²) in [6, 6.07) is 7.22. The molecule has 0 radical (unpaired) electrons. The van der Waals surface area contributed by atoms with Crippen LogP contribution in [0.1, 0.15) is 21.5 Å².